The van der Waals surface area contributed by atoms with Crippen LogP contribution in [0.25, 0.3) is 21.5 Å². The molecule has 0 saturated heterocycles. The number of hydrogen-bond donors (Lipinski definition) is 1. The summed E-state index contributed by atoms with van der Waals surface area (Å²) in [4.78, 5) is 13.7. The van der Waals surface area contributed by atoms with E-state index in [0.29, 0.717) is 70.6 Å². The molecule has 0 aliphatic rings. The topological polar surface area (TPSA) is 82.8 Å². The van der Waals surface area contributed by atoms with Crippen molar-refractivity contribution in [1.29, 1.82) is 5.26 Å². The number of anilines is 3. The van der Waals surface area contributed by atoms with E-state index in [0.717, 1.165) is 92.1 Å². The average molecular weight is 1130 g/mol. The molecule has 0 aliphatic heterocycles. The van der Waals surface area contributed by atoms with Crippen molar-refractivity contribution in [1.82, 2.24) is 0 Å². The van der Waals surface area contributed by atoms with E-state index in [-0.39, 0.29) is 5.56 Å². The third-order valence-electron chi connectivity index (χ3n) is 15.4. The van der Waals surface area contributed by atoms with Crippen molar-refractivity contribution < 1.29 is 19.4 Å². The monoisotopic (exact) mass is 1130 g/mol. The van der Waals surface area contributed by atoms with Gasteiger partial charge in [-0.1, -0.05) is 194 Å². The molecule has 6 nitrogen and oxygen atoms in total. The van der Waals surface area contributed by atoms with Crippen LogP contribution in [0.3, 0.4) is 0 Å². The number of para-hydroxylation sites is 2. The molecule has 9 aromatic carbocycles. The van der Waals surface area contributed by atoms with Crippen LogP contribution in [0, 0.1) is 82.4 Å². The molecular weight excluding hydrogens is 1050 g/mol. The Kier molecular flexibility index (Phi) is 21.2. The summed E-state index contributed by atoms with van der Waals surface area (Å²) >= 11 is 0. The predicted molar refractivity (Wildman–Crippen MR) is 353 cm³/mol. The van der Waals surface area contributed by atoms with E-state index in [1.165, 1.54) is 37.8 Å². The Labute approximate surface area is 509 Å². The first-order valence-electron chi connectivity index (χ1n) is 30.2. The number of aromatic carboxylic acids is 1. The molecule has 0 aromatic heterocycles. The Hall–Kier alpha value is -9.90. The Bertz CT molecular complexity index is 4090. The second kappa shape index (κ2) is 30.1. The first-order chi connectivity index (χ1) is 41.9. The summed E-state index contributed by atoms with van der Waals surface area (Å²) in [5, 5.41) is 23.6. The SMILES string of the molecule is CC(C)CCCC(C)CCOc1cc(C#Cc2cccc3cc4c(C#Cc5ccc(C#Cc6cccc(C(=O)O)c6)cc5C#N)cccc4cc23)c(OCCC(C)CCCC(C)C)cc1C#Cc1ccc(N(c2ccccc2)c2ccccc2)cc1. The Morgan fingerprint density at radius 2 is 0.872 bits per heavy atom. The lowest BCUT2D eigenvalue weighted by Gasteiger charge is -2.25. The van der Waals surface area contributed by atoms with Crippen LogP contribution in [-0.4, -0.2) is 24.3 Å². The fourth-order valence-electron chi connectivity index (χ4n) is 10.4. The number of nitrogens with zero attached hydrogens (tertiary/aromatic N) is 2. The normalized spacial score (nSPS) is 11.4. The van der Waals surface area contributed by atoms with Gasteiger partial charge in [0.2, 0.25) is 0 Å². The van der Waals surface area contributed by atoms with Gasteiger partial charge >= 0.3 is 5.97 Å². The van der Waals surface area contributed by atoms with Gasteiger partial charge in [0, 0.05) is 62.6 Å². The molecule has 0 heterocycles. The van der Waals surface area contributed by atoms with Gasteiger partial charge < -0.3 is 19.5 Å². The Morgan fingerprint density at radius 3 is 1.38 bits per heavy atom. The maximum Gasteiger partial charge on any atom is 0.335 e. The molecule has 6 heteroatoms. The van der Waals surface area contributed by atoms with Gasteiger partial charge in [-0.15, -0.1) is 0 Å². The van der Waals surface area contributed by atoms with Crippen LogP contribution in [-0.2, 0) is 0 Å². The van der Waals surface area contributed by atoms with E-state index in [2.05, 4.69) is 203 Å². The van der Waals surface area contributed by atoms with Gasteiger partial charge in [-0.3, -0.25) is 0 Å². The van der Waals surface area contributed by atoms with Crippen molar-refractivity contribution >= 4 is 44.6 Å². The number of ether oxygens (including phenoxy) is 2. The molecule has 86 heavy (non-hydrogen) atoms. The van der Waals surface area contributed by atoms with Crippen LogP contribution in [0.1, 0.15) is 153 Å². The van der Waals surface area contributed by atoms with E-state index in [9.17, 15) is 15.2 Å². The Balaban J connectivity index is 1.04. The van der Waals surface area contributed by atoms with Gasteiger partial charge in [0.1, 0.15) is 17.6 Å². The zero-order chi connectivity index (χ0) is 60.2. The van der Waals surface area contributed by atoms with E-state index in [4.69, 9.17) is 9.47 Å². The molecule has 2 unspecified atom stereocenters. The molecule has 0 fully saturated rings. The van der Waals surface area contributed by atoms with Crippen LogP contribution < -0.4 is 14.4 Å². The predicted octanol–water partition coefficient (Wildman–Crippen LogP) is 19.1. The van der Waals surface area contributed by atoms with Crippen LogP contribution in [0.4, 0.5) is 17.1 Å². The minimum Gasteiger partial charge on any atom is -0.492 e. The summed E-state index contributed by atoms with van der Waals surface area (Å²) in [6.07, 6.45) is 9.04. The molecule has 0 bridgehead atoms. The number of carboxylic acids is 1. The van der Waals surface area contributed by atoms with Crippen LogP contribution in [0.15, 0.2) is 188 Å². The van der Waals surface area contributed by atoms with Gasteiger partial charge in [-0.2, -0.15) is 5.26 Å². The van der Waals surface area contributed by atoms with E-state index < -0.39 is 5.97 Å². The van der Waals surface area contributed by atoms with Crippen molar-refractivity contribution in [3.05, 3.63) is 244 Å². The molecule has 0 amide bonds. The van der Waals surface area contributed by atoms with Crippen molar-refractivity contribution in [2.45, 2.75) is 92.9 Å². The van der Waals surface area contributed by atoms with Crippen LogP contribution in [0.5, 0.6) is 11.5 Å². The second-order valence-electron chi connectivity index (χ2n) is 23.2. The van der Waals surface area contributed by atoms with Crippen molar-refractivity contribution in [3.63, 3.8) is 0 Å². The number of benzene rings is 9. The number of nitriles is 1. The molecule has 0 saturated carbocycles. The first kappa shape index (κ1) is 60.7. The summed E-state index contributed by atoms with van der Waals surface area (Å²) in [5.41, 5.74) is 9.63. The maximum atomic E-state index is 11.5. The van der Waals surface area contributed by atoms with Gasteiger partial charge in [-0.25, -0.2) is 4.79 Å². The van der Waals surface area contributed by atoms with Gasteiger partial charge in [0.05, 0.1) is 35.5 Å². The quantitative estimate of drug-likeness (QED) is 0.0605. The lowest BCUT2D eigenvalue weighted by molar-refractivity contribution is 0.0696. The summed E-state index contributed by atoms with van der Waals surface area (Å²) in [6, 6.07) is 64.1. The minimum absolute atomic E-state index is 0.163. The lowest BCUT2D eigenvalue weighted by atomic mass is 9.96. The highest BCUT2D eigenvalue weighted by atomic mass is 16.5. The van der Waals surface area contributed by atoms with Crippen LogP contribution in [0.2, 0.25) is 0 Å². The molecule has 0 radical (unpaired) electrons. The summed E-state index contributed by atoms with van der Waals surface area (Å²) in [7, 11) is 0. The Morgan fingerprint density at radius 1 is 0.419 bits per heavy atom. The van der Waals surface area contributed by atoms with E-state index in [1.807, 2.05) is 48.5 Å². The molecule has 9 rings (SSSR count). The van der Waals surface area contributed by atoms with Crippen molar-refractivity contribution in [2.24, 2.45) is 23.7 Å². The third-order valence-corrected chi connectivity index (χ3v) is 15.4. The zero-order valence-electron chi connectivity index (χ0n) is 50.3. The highest BCUT2D eigenvalue weighted by Crippen LogP contribution is 2.35. The minimum atomic E-state index is -1.01. The number of carboxylic acid groups (broad SMARTS) is 1. The highest BCUT2D eigenvalue weighted by Gasteiger charge is 2.16. The molecule has 0 aliphatic carbocycles. The van der Waals surface area contributed by atoms with Crippen molar-refractivity contribution in [3.8, 4) is 64.9 Å². The molecular formula is C80H74N2O4. The number of hydrogen-bond acceptors (Lipinski definition) is 5. The summed E-state index contributed by atoms with van der Waals surface area (Å²) < 4.78 is 13.6. The van der Waals surface area contributed by atoms with Gasteiger partial charge in [0.25, 0.3) is 0 Å². The fourth-order valence-corrected chi connectivity index (χ4v) is 10.4. The number of fused-ring (bicyclic) bond motifs is 2. The standard InChI is InChI=1S/C80H74N2O4/c1-57(2)18-13-20-59(5)46-48-85-78-55-70(79(86-49-47-60(6)21-14-19-58(3)4)54-69(78)39-34-61-36-44-75(45-37-61)82(73-28-9-7-10-29-73)74-30-11-8-12-31-74)43-42-66-24-17-26-68-52-76-65(23-16-25-67(76)53-77(66)68)41-40-64-38-35-63(51-72(64)56-81)33-32-62-22-15-27-71(50-62)80(83)84/h7-12,15-17,22-31,35-38,44-45,50-55,57-60H,13-14,18-21,46-49H2,1-6H3,(H,83,84). The molecule has 1 N–H and O–H groups in total. The van der Waals surface area contributed by atoms with Gasteiger partial charge in [0.15, 0.2) is 0 Å². The van der Waals surface area contributed by atoms with Crippen molar-refractivity contribution in [2.75, 3.05) is 18.1 Å². The maximum absolute atomic E-state index is 11.5. The largest absolute Gasteiger partial charge is 0.492 e. The molecule has 2 atom stereocenters. The lowest BCUT2D eigenvalue weighted by Crippen LogP contribution is -2.09. The zero-order valence-corrected chi connectivity index (χ0v) is 50.3. The van der Waals surface area contributed by atoms with E-state index in [1.54, 1.807) is 24.3 Å². The number of rotatable bonds is 20. The van der Waals surface area contributed by atoms with Crippen LogP contribution >= 0.6 is 0 Å². The molecule has 9 aromatic rings. The average Bonchev–Trinajstić information content (AvgIpc) is 1.51. The third kappa shape index (κ3) is 16.9. The molecule has 428 valence electrons. The first-order valence-corrected chi connectivity index (χ1v) is 30.2. The van der Waals surface area contributed by atoms with Gasteiger partial charge in [-0.05, 0) is 167 Å². The second-order valence-corrected chi connectivity index (χ2v) is 23.2. The molecule has 0 spiro atoms. The number of carbonyl (C=O) groups is 1. The fraction of sp³-hybridized carbons (Fsp3) is 0.250. The highest BCUT2D eigenvalue weighted by molar-refractivity contribution is 6.03. The van der Waals surface area contributed by atoms with E-state index >= 15 is 0 Å². The summed E-state index contributed by atoms with van der Waals surface area (Å²) in [5.74, 6) is 29.6. The summed E-state index contributed by atoms with van der Waals surface area (Å²) in [6.45, 7) is 14.9. The smallest absolute Gasteiger partial charge is 0.335 e.